The van der Waals surface area contributed by atoms with Crippen molar-refractivity contribution in [2.24, 2.45) is 5.73 Å². The number of nitrogens with two attached hydrogens (primary N) is 1. The Balaban J connectivity index is 4.90. The predicted octanol–water partition coefficient (Wildman–Crippen LogP) is 3.96. The van der Waals surface area contributed by atoms with Gasteiger partial charge >= 0.3 is 5.97 Å². The van der Waals surface area contributed by atoms with Crippen LogP contribution in [0.25, 0.3) is 0 Å². The molecule has 1 unspecified atom stereocenters. The Bertz CT molecular complexity index is 304. The van der Waals surface area contributed by atoms with Crippen LogP contribution in [0.4, 0.5) is 0 Å². The minimum Gasteiger partial charge on any atom is -0.454 e. The first-order chi connectivity index (χ1) is 8.70. The van der Waals surface area contributed by atoms with E-state index in [0.29, 0.717) is 5.57 Å². The SMILES string of the molecule is C=C(C)C(=O)OC(CC)(CCCCCC)C(C)(C)N. The van der Waals surface area contributed by atoms with Gasteiger partial charge in [0.25, 0.3) is 0 Å². The monoisotopic (exact) mass is 269 g/mol. The minimum atomic E-state index is -0.600. The van der Waals surface area contributed by atoms with Gasteiger partial charge in [0.15, 0.2) is 0 Å². The zero-order valence-electron chi connectivity index (χ0n) is 13.3. The van der Waals surface area contributed by atoms with Crippen LogP contribution in [-0.4, -0.2) is 17.1 Å². The van der Waals surface area contributed by atoms with Gasteiger partial charge in [0, 0.05) is 5.57 Å². The van der Waals surface area contributed by atoms with E-state index in [1.165, 1.54) is 12.8 Å². The largest absolute Gasteiger partial charge is 0.454 e. The van der Waals surface area contributed by atoms with Crippen LogP contribution in [0.5, 0.6) is 0 Å². The summed E-state index contributed by atoms with van der Waals surface area (Å²) in [4.78, 5) is 11.9. The lowest BCUT2D eigenvalue weighted by Crippen LogP contribution is -2.58. The number of esters is 1. The summed E-state index contributed by atoms with van der Waals surface area (Å²) in [7, 11) is 0. The third-order valence-electron chi connectivity index (χ3n) is 3.82. The van der Waals surface area contributed by atoms with Crippen molar-refractivity contribution in [2.45, 2.75) is 84.3 Å². The fourth-order valence-corrected chi connectivity index (χ4v) is 2.31. The van der Waals surface area contributed by atoms with Crippen LogP contribution in [0, 0.1) is 0 Å². The third-order valence-corrected chi connectivity index (χ3v) is 3.82. The molecular weight excluding hydrogens is 238 g/mol. The second kappa shape index (κ2) is 7.68. The highest BCUT2D eigenvalue weighted by Gasteiger charge is 2.44. The smallest absolute Gasteiger partial charge is 0.333 e. The van der Waals surface area contributed by atoms with E-state index in [4.69, 9.17) is 10.5 Å². The number of carbonyl (C=O) groups excluding carboxylic acids is 1. The van der Waals surface area contributed by atoms with E-state index < -0.39 is 11.1 Å². The first kappa shape index (κ1) is 18.2. The van der Waals surface area contributed by atoms with Crippen molar-refractivity contribution in [2.75, 3.05) is 0 Å². The summed E-state index contributed by atoms with van der Waals surface area (Å²) in [6, 6.07) is 0. The van der Waals surface area contributed by atoms with Gasteiger partial charge in [0.05, 0.1) is 5.54 Å². The van der Waals surface area contributed by atoms with E-state index in [0.717, 1.165) is 25.7 Å². The molecule has 0 aliphatic heterocycles. The zero-order valence-corrected chi connectivity index (χ0v) is 13.3. The molecule has 0 amide bonds. The number of rotatable bonds is 9. The summed E-state index contributed by atoms with van der Waals surface area (Å²) in [6.45, 7) is 13.4. The molecule has 0 fully saturated rings. The molecule has 0 spiro atoms. The molecule has 0 bridgehead atoms. The molecule has 0 aromatic carbocycles. The maximum Gasteiger partial charge on any atom is 0.333 e. The van der Waals surface area contributed by atoms with Gasteiger partial charge in [-0.3, -0.25) is 0 Å². The van der Waals surface area contributed by atoms with Crippen LogP contribution < -0.4 is 5.73 Å². The van der Waals surface area contributed by atoms with Gasteiger partial charge in [-0.05, 0) is 40.0 Å². The summed E-state index contributed by atoms with van der Waals surface area (Å²) in [5.74, 6) is -0.337. The number of carbonyl (C=O) groups is 1. The van der Waals surface area contributed by atoms with E-state index >= 15 is 0 Å². The van der Waals surface area contributed by atoms with E-state index in [9.17, 15) is 4.79 Å². The summed E-state index contributed by atoms with van der Waals surface area (Å²) in [5.41, 5.74) is 5.55. The van der Waals surface area contributed by atoms with Gasteiger partial charge in [-0.25, -0.2) is 4.79 Å². The summed E-state index contributed by atoms with van der Waals surface area (Å²) < 4.78 is 5.73. The van der Waals surface area contributed by atoms with Gasteiger partial charge in [-0.1, -0.05) is 39.7 Å². The quantitative estimate of drug-likeness (QED) is 0.391. The van der Waals surface area contributed by atoms with Crippen LogP contribution in [-0.2, 0) is 9.53 Å². The fourth-order valence-electron chi connectivity index (χ4n) is 2.31. The topological polar surface area (TPSA) is 52.3 Å². The molecule has 19 heavy (non-hydrogen) atoms. The second-order valence-electron chi connectivity index (χ2n) is 6.05. The molecule has 112 valence electrons. The average molecular weight is 269 g/mol. The van der Waals surface area contributed by atoms with Gasteiger partial charge in [-0.15, -0.1) is 0 Å². The minimum absolute atomic E-state index is 0.337. The Morgan fingerprint density at radius 3 is 2.16 bits per heavy atom. The summed E-state index contributed by atoms with van der Waals surface area (Å²) in [5, 5.41) is 0. The lowest BCUT2D eigenvalue weighted by atomic mass is 9.77. The molecule has 0 heterocycles. The fraction of sp³-hybridized carbons (Fsp3) is 0.812. The molecule has 3 heteroatoms. The molecule has 0 saturated heterocycles. The number of ether oxygens (including phenoxy) is 1. The zero-order chi connectivity index (χ0) is 15.1. The van der Waals surface area contributed by atoms with Crippen molar-refractivity contribution in [3.05, 3.63) is 12.2 Å². The van der Waals surface area contributed by atoms with E-state index in [1.807, 2.05) is 20.8 Å². The summed E-state index contributed by atoms with van der Waals surface area (Å²) >= 11 is 0. The number of hydrogen-bond donors (Lipinski definition) is 1. The molecular formula is C16H31NO2. The Labute approximate surface area is 118 Å². The molecule has 0 saturated carbocycles. The maximum atomic E-state index is 11.9. The van der Waals surface area contributed by atoms with E-state index in [-0.39, 0.29) is 5.97 Å². The molecule has 3 nitrogen and oxygen atoms in total. The Morgan fingerprint density at radius 2 is 1.79 bits per heavy atom. The first-order valence-electron chi connectivity index (χ1n) is 7.38. The number of hydrogen-bond acceptors (Lipinski definition) is 3. The van der Waals surface area contributed by atoms with Gasteiger partial charge in [-0.2, -0.15) is 0 Å². The molecule has 0 aliphatic rings. The van der Waals surface area contributed by atoms with Crippen molar-refractivity contribution in [1.82, 2.24) is 0 Å². The van der Waals surface area contributed by atoms with Crippen molar-refractivity contribution in [3.63, 3.8) is 0 Å². The number of unbranched alkanes of at least 4 members (excludes halogenated alkanes) is 3. The van der Waals surface area contributed by atoms with Crippen molar-refractivity contribution in [1.29, 1.82) is 0 Å². The molecule has 0 aliphatic carbocycles. The predicted molar refractivity (Wildman–Crippen MR) is 81.0 cm³/mol. The second-order valence-corrected chi connectivity index (χ2v) is 6.05. The van der Waals surface area contributed by atoms with Crippen LogP contribution in [0.1, 0.15) is 73.1 Å². The van der Waals surface area contributed by atoms with Gasteiger partial charge < -0.3 is 10.5 Å². The molecule has 0 aromatic heterocycles. The molecule has 0 rings (SSSR count). The Hall–Kier alpha value is -0.830. The maximum absolute atomic E-state index is 11.9. The first-order valence-corrected chi connectivity index (χ1v) is 7.38. The van der Waals surface area contributed by atoms with Crippen molar-refractivity contribution < 1.29 is 9.53 Å². The summed E-state index contributed by atoms with van der Waals surface area (Å²) in [6.07, 6.45) is 6.12. The normalized spacial score (nSPS) is 14.8. The highest BCUT2D eigenvalue weighted by Crippen LogP contribution is 2.34. The van der Waals surface area contributed by atoms with Gasteiger partial charge in [0.2, 0.25) is 0 Å². The molecule has 0 radical (unpaired) electrons. The Kier molecular flexibility index (Phi) is 7.35. The average Bonchev–Trinajstić information content (AvgIpc) is 2.31. The third kappa shape index (κ3) is 5.35. The van der Waals surface area contributed by atoms with Gasteiger partial charge in [0.1, 0.15) is 5.60 Å². The molecule has 2 N–H and O–H groups in total. The van der Waals surface area contributed by atoms with Crippen LogP contribution in [0.2, 0.25) is 0 Å². The van der Waals surface area contributed by atoms with Crippen LogP contribution in [0.3, 0.4) is 0 Å². The highest BCUT2D eigenvalue weighted by atomic mass is 16.6. The van der Waals surface area contributed by atoms with E-state index in [1.54, 1.807) is 6.92 Å². The lowest BCUT2D eigenvalue weighted by Gasteiger charge is -2.43. The lowest BCUT2D eigenvalue weighted by molar-refractivity contribution is -0.164. The van der Waals surface area contributed by atoms with Crippen molar-refractivity contribution >= 4 is 5.97 Å². The van der Waals surface area contributed by atoms with Crippen molar-refractivity contribution in [3.8, 4) is 0 Å². The van der Waals surface area contributed by atoms with E-state index in [2.05, 4.69) is 13.5 Å². The molecule has 0 aromatic rings. The Morgan fingerprint density at radius 1 is 1.21 bits per heavy atom. The molecule has 1 atom stereocenters. The van der Waals surface area contributed by atoms with Crippen LogP contribution in [0.15, 0.2) is 12.2 Å². The highest BCUT2D eigenvalue weighted by molar-refractivity contribution is 5.87. The van der Waals surface area contributed by atoms with Crippen LogP contribution >= 0.6 is 0 Å². The standard InChI is InChI=1S/C16H31NO2/c1-7-9-10-11-12-16(8-2,15(5,6)17)19-14(18)13(3)4/h3,7-12,17H2,1-2,4-6H3.